The van der Waals surface area contributed by atoms with Crippen molar-refractivity contribution in [3.8, 4) is 23.2 Å². The number of likely N-dealkylation sites (tertiary alicyclic amines) is 2. The summed E-state index contributed by atoms with van der Waals surface area (Å²) in [5.74, 6) is -1.58. The van der Waals surface area contributed by atoms with Crippen LogP contribution in [0.5, 0.6) is 5.88 Å². The lowest BCUT2D eigenvalue weighted by Gasteiger charge is -2.38. The Morgan fingerprint density at radius 1 is 0.974 bits per heavy atom. The Morgan fingerprint density at radius 3 is 2.44 bits per heavy atom. The van der Waals surface area contributed by atoms with E-state index >= 15 is 0 Å². The van der Waals surface area contributed by atoms with Gasteiger partial charge in [-0.2, -0.15) is 10.4 Å². The van der Waals surface area contributed by atoms with Crippen LogP contribution in [0.15, 0.2) is 53.7 Å². The number of ether oxygens (including phenoxy) is 1. The molecule has 77 heavy (non-hydrogen) atoms. The highest BCUT2D eigenvalue weighted by molar-refractivity contribution is 8.14. The summed E-state index contributed by atoms with van der Waals surface area (Å²) >= 11 is 1.50. The Morgan fingerprint density at radius 2 is 1.70 bits per heavy atom. The average Bonchev–Trinajstić information content (AvgIpc) is 4.22. The molecule has 4 aromatic rings. The number of amides is 4. The van der Waals surface area contributed by atoms with Gasteiger partial charge in [0.2, 0.25) is 17.7 Å². The van der Waals surface area contributed by atoms with Crippen LogP contribution in [-0.2, 0) is 27.5 Å². The smallest absolute Gasteiger partial charge is 0.258 e. The minimum Gasteiger partial charge on any atom is -0.467 e. The highest BCUT2D eigenvalue weighted by Crippen LogP contribution is 2.35. The van der Waals surface area contributed by atoms with Gasteiger partial charge in [-0.05, 0) is 127 Å². The topological polar surface area (TPSA) is 246 Å². The Kier molecular flexibility index (Phi) is 19.0. The normalized spacial score (nSPS) is 19.7. The number of ketones is 1. The lowest BCUT2D eigenvalue weighted by atomic mass is 9.88. The van der Waals surface area contributed by atoms with Crippen LogP contribution in [0, 0.1) is 28.9 Å². The third-order valence-electron chi connectivity index (χ3n) is 15.1. The van der Waals surface area contributed by atoms with Crippen molar-refractivity contribution in [3.63, 3.8) is 0 Å². The lowest BCUT2D eigenvalue weighted by Crippen LogP contribution is -2.58. The van der Waals surface area contributed by atoms with E-state index in [1.165, 1.54) is 65.3 Å². The highest BCUT2D eigenvalue weighted by Gasteiger charge is 2.43. The third-order valence-corrected chi connectivity index (χ3v) is 16.2. The van der Waals surface area contributed by atoms with E-state index in [9.17, 15) is 38.0 Å². The van der Waals surface area contributed by atoms with E-state index in [0.717, 1.165) is 88.9 Å². The summed E-state index contributed by atoms with van der Waals surface area (Å²) in [4.78, 5) is 87.3. The summed E-state index contributed by atoms with van der Waals surface area (Å²) in [6.45, 7) is 7.00. The zero-order valence-electron chi connectivity index (χ0n) is 44.2. The summed E-state index contributed by atoms with van der Waals surface area (Å²) in [6, 6.07) is 9.47. The zero-order valence-corrected chi connectivity index (χ0v) is 45.1. The number of carbonyl (C=O) groups excluding carboxylic acids is 5. The molecule has 0 spiro atoms. The van der Waals surface area contributed by atoms with Crippen LogP contribution in [0.4, 0.5) is 14.6 Å². The number of rotatable bonds is 20. The van der Waals surface area contributed by atoms with Crippen LogP contribution < -0.4 is 26.4 Å². The van der Waals surface area contributed by atoms with Gasteiger partial charge in [0.05, 0.1) is 53.4 Å². The maximum atomic E-state index is 14.5. The van der Waals surface area contributed by atoms with E-state index in [4.69, 9.17) is 15.5 Å². The number of Topliss-reactive ketones (excluding diaryl/α,β-unsaturated/α-hetero) is 1. The molecule has 2 aromatic heterocycles. The molecule has 5 N–H and O–H groups in total. The molecular weight excluding hydrogens is 1010 g/mol. The molecule has 6 heterocycles. The van der Waals surface area contributed by atoms with Gasteiger partial charge in [-0.25, -0.2) is 18.7 Å². The van der Waals surface area contributed by atoms with Crippen molar-refractivity contribution in [2.75, 3.05) is 58.3 Å². The standard InChI is InChI=1S/C55H69F2N13O6S/c1-33(60-3)51(73)65-48(55(75)69-24-11-12-44(69)53-64-43(32-77-53)49(72)36-14-16-37(56)17-15-36)35-20-25-68(26-21-35)23-10-8-6-5-7-9-13-46(71)61-22-27-70-45-31-67(4)54(74)39-19-18-38(57)28-40(39)34(2)76-52-50(59)62-30-42(63-52)47(45)41(29-58)66-70/h14-19,28,30,33-35,43-44,48,60H,5-13,20-27,31-32H2,1-4H3,(H2,59,62)(H,61,71)(H,65,73)/t33-,34+,43?,44-,48-/m0/s1. The fourth-order valence-electron chi connectivity index (χ4n) is 10.6. The van der Waals surface area contributed by atoms with Crippen LogP contribution >= 0.6 is 11.8 Å². The average molecular weight is 1080 g/mol. The van der Waals surface area contributed by atoms with Crippen molar-refractivity contribution >= 4 is 52.0 Å². The number of nitrogens with one attached hydrogen (secondary N) is 3. The minimum atomic E-state index is -0.821. The first-order valence-electron chi connectivity index (χ1n) is 26.8. The van der Waals surface area contributed by atoms with Crippen molar-refractivity contribution in [1.82, 2.24) is 50.4 Å². The largest absolute Gasteiger partial charge is 0.467 e. The molecule has 4 aliphatic heterocycles. The SMILES string of the molecule is CN[C@@H](C)C(=O)N[C@H](C(=O)N1CCC[C@H]1C1=NC(C(=O)c2ccc(F)cc2)CS1)C1CCN(CCCCCCCCC(=O)NCCn2nc(C#N)c3c2CN(C)C(=O)c2ccc(F)cc2[C@@H](C)Oc2nc-3cnc2N)CC1. The molecule has 410 valence electrons. The second-order valence-corrected chi connectivity index (χ2v) is 21.4. The molecule has 4 aliphatic rings. The summed E-state index contributed by atoms with van der Waals surface area (Å²) in [5.41, 5.74) is 8.22. The number of piperidine rings is 1. The van der Waals surface area contributed by atoms with E-state index in [1.807, 2.05) is 4.90 Å². The zero-order chi connectivity index (χ0) is 54.8. The number of carbonyl (C=O) groups is 5. The molecule has 2 aromatic carbocycles. The van der Waals surface area contributed by atoms with Gasteiger partial charge in [0.1, 0.15) is 35.9 Å². The molecule has 8 rings (SSSR count). The predicted octanol–water partition coefficient (Wildman–Crippen LogP) is 5.84. The number of nitriles is 1. The lowest BCUT2D eigenvalue weighted by molar-refractivity contribution is -0.138. The molecule has 19 nitrogen and oxygen atoms in total. The van der Waals surface area contributed by atoms with Gasteiger partial charge in [0, 0.05) is 49.0 Å². The van der Waals surface area contributed by atoms with Crippen molar-refractivity contribution in [2.45, 2.75) is 128 Å². The van der Waals surface area contributed by atoms with Crippen LogP contribution in [0.1, 0.15) is 128 Å². The van der Waals surface area contributed by atoms with Crippen LogP contribution in [0.25, 0.3) is 11.3 Å². The number of hydrogen-bond acceptors (Lipinski definition) is 15. The van der Waals surface area contributed by atoms with E-state index < -0.39 is 41.8 Å². The molecule has 2 fully saturated rings. The maximum Gasteiger partial charge on any atom is 0.258 e. The van der Waals surface area contributed by atoms with Crippen molar-refractivity contribution in [2.24, 2.45) is 10.9 Å². The summed E-state index contributed by atoms with van der Waals surface area (Å²) in [5, 5.41) is 24.6. The molecule has 0 radical (unpaired) electrons. The number of nitrogen functional groups attached to an aromatic ring is 1. The summed E-state index contributed by atoms with van der Waals surface area (Å²) < 4.78 is 35.6. The Labute approximate surface area is 452 Å². The van der Waals surface area contributed by atoms with E-state index in [0.29, 0.717) is 41.1 Å². The van der Waals surface area contributed by atoms with Gasteiger partial charge in [0.25, 0.3) is 11.8 Å². The Bertz CT molecular complexity index is 2870. The van der Waals surface area contributed by atoms with Gasteiger partial charge in [-0.15, -0.1) is 11.8 Å². The number of nitrogens with zero attached hydrogens (tertiary/aromatic N) is 9. The monoisotopic (exact) mass is 1080 g/mol. The number of benzene rings is 2. The maximum absolute atomic E-state index is 14.5. The first-order chi connectivity index (χ1) is 37.1. The van der Waals surface area contributed by atoms with E-state index in [1.54, 1.807) is 32.6 Å². The molecule has 4 amide bonds. The number of nitrogens with two attached hydrogens (primary N) is 1. The first-order valence-corrected chi connectivity index (χ1v) is 27.7. The second kappa shape index (κ2) is 26.0. The van der Waals surface area contributed by atoms with Gasteiger partial charge >= 0.3 is 0 Å². The molecule has 0 saturated carbocycles. The number of hydrogen-bond donors (Lipinski definition) is 4. The Balaban J connectivity index is 0.767. The molecule has 1 unspecified atom stereocenters. The summed E-state index contributed by atoms with van der Waals surface area (Å²) in [7, 11) is 3.32. The predicted molar refractivity (Wildman–Crippen MR) is 288 cm³/mol. The molecule has 22 heteroatoms. The van der Waals surface area contributed by atoms with Gasteiger partial charge < -0.3 is 41.1 Å². The van der Waals surface area contributed by atoms with Gasteiger partial charge in [-0.3, -0.25) is 33.6 Å². The molecule has 2 bridgehead atoms. The number of halogens is 2. The first kappa shape index (κ1) is 56.4. The number of thioether (sulfide) groups is 1. The van der Waals surface area contributed by atoms with Crippen LogP contribution in [0.3, 0.4) is 0 Å². The minimum absolute atomic E-state index is 0.0109. The fraction of sp³-hybridized carbons (Fsp3) is 0.527. The van der Waals surface area contributed by atoms with E-state index in [-0.39, 0.29) is 83.7 Å². The highest BCUT2D eigenvalue weighted by atomic mass is 32.2. The number of aliphatic imine (C=N–C) groups is 1. The van der Waals surface area contributed by atoms with Gasteiger partial charge in [0.15, 0.2) is 17.3 Å². The van der Waals surface area contributed by atoms with E-state index in [2.05, 4.69) is 42.0 Å². The quantitative estimate of drug-likeness (QED) is 0.0601. The van der Waals surface area contributed by atoms with Crippen molar-refractivity contribution < 1.29 is 37.5 Å². The van der Waals surface area contributed by atoms with Crippen LogP contribution in [-0.4, -0.2) is 146 Å². The number of unbranched alkanes of at least 4 members (excludes halogenated alkanes) is 5. The van der Waals surface area contributed by atoms with Crippen LogP contribution in [0.2, 0.25) is 0 Å². The molecule has 2 saturated heterocycles. The summed E-state index contributed by atoms with van der Waals surface area (Å²) in [6.07, 6.45) is 9.79. The fourth-order valence-corrected chi connectivity index (χ4v) is 11.8. The molecule has 5 atom stereocenters. The Hall–Kier alpha value is -6.83. The third kappa shape index (κ3) is 13.7. The second-order valence-electron chi connectivity index (χ2n) is 20.4. The molecular formula is C55H69F2N13O6S. The number of fused-ring (bicyclic) bond motifs is 5. The number of anilines is 1. The number of likely N-dealkylation sites (N-methyl/N-ethyl adjacent to an activating group) is 1. The number of aromatic nitrogens is 4. The van der Waals surface area contributed by atoms with Crippen molar-refractivity contribution in [3.05, 3.63) is 88.4 Å². The van der Waals surface area contributed by atoms with Crippen molar-refractivity contribution in [1.29, 1.82) is 5.26 Å². The molecule has 0 aliphatic carbocycles. The van der Waals surface area contributed by atoms with Gasteiger partial charge in [-0.1, -0.05) is 25.7 Å².